The van der Waals surface area contributed by atoms with Crippen LogP contribution in [0.5, 0.6) is 0 Å². The Bertz CT molecular complexity index is 977. The van der Waals surface area contributed by atoms with Crippen LogP contribution in [0.4, 0.5) is 0 Å². The fourth-order valence-electron chi connectivity index (χ4n) is 6.70. The number of ether oxygens (including phenoxy) is 3. The van der Waals surface area contributed by atoms with E-state index in [1.165, 1.54) is 11.6 Å². The Morgan fingerprint density at radius 1 is 1.16 bits per heavy atom. The Labute approximate surface area is 220 Å². The normalized spacial score (nSPS) is 40.2. The predicted molar refractivity (Wildman–Crippen MR) is 140 cm³/mol. The number of esters is 1. The van der Waals surface area contributed by atoms with Gasteiger partial charge in [-0.25, -0.2) is 4.79 Å². The monoisotopic (exact) mass is 514 g/mol. The second kappa shape index (κ2) is 11.4. The van der Waals surface area contributed by atoms with Crippen LogP contribution in [0.15, 0.2) is 48.6 Å². The fraction of sp³-hybridized carbons (Fsp3) is 0.633. The molecule has 0 radical (unpaired) electrons. The number of fused-ring (bicyclic) bond motifs is 1. The highest BCUT2D eigenvalue weighted by Gasteiger charge is 2.56. The molecule has 3 fully saturated rings. The summed E-state index contributed by atoms with van der Waals surface area (Å²) in [6, 6.07) is 9.32. The van der Waals surface area contributed by atoms with Crippen LogP contribution in [-0.2, 0) is 19.0 Å². The first kappa shape index (κ1) is 28.0. The predicted octanol–water partition coefficient (Wildman–Crippen LogP) is 4.01. The highest BCUT2D eigenvalue weighted by Crippen LogP contribution is 2.57. The van der Waals surface area contributed by atoms with Crippen LogP contribution >= 0.6 is 0 Å². The first-order valence-corrected chi connectivity index (χ1v) is 13.5. The number of aliphatic hydroxyl groups is 3. The van der Waals surface area contributed by atoms with Crippen LogP contribution in [0.2, 0.25) is 0 Å². The van der Waals surface area contributed by atoms with E-state index in [1.807, 2.05) is 30.3 Å². The first-order chi connectivity index (χ1) is 17.6. The quantitative estimate of drug-likeness (QED) is 0.287. The molecule has 1 aliphatic heterocycles. The highest BCUT2D eigenvalue weighted by molar-refractivity contribution is 5.87. The van der Waals surface area contributed by atoms with Gasteiger partial charge in [-0.05, 0) is 74.8 Å². The molecule has 204 valence electrons. The standard InChI is InChI=1S/C30H42O7/c1-19(2)21-13-16-29(3)14-8-15-30(4,23(29)17-21)37-28-27(26(34)25(33)22(18-31)35-28)36-24(32)12-11-20-9-6-5-7-10-20/h5-7,9-12,21-23,25-28,31,33-34H,1,8,13-18H2,2-4H3. The lowest BCUT2D eigenvalue weighted by Crippen LogP contribution is -2.63. The van der Waals surface area contributed by atoms with E-state index in [0.717, 1.165) is 44.1 Å². The number of rotatable bonds is 7. The van der Waals surface area contributed by atoms with E-state index in [-0.39, 0.29) is 11.3 Å². The van der Waals surface area contributed by atoms with Gasteiger partial charge in [-0.1, -0.05) is 55.8 Å². The van der Waals surface area contributed by atoms with Crippen molar-refractivity contribution in [2.24, 2.45) is 17.3 Å². The third-order valence-electron chi connectivity index (χ3n) is 8.95. The minimum absolute atomic E-state index is 0.104. The molecule has 3 N–H and O–H groups in total. The van der Waals surface area contributed by atoms with Gasteiger partial charge >= 0.3 is 5.97 Å². The van der Waals surface area contributed by atoms with Crippen molar-refractivity contribution in [3.8, 4) is 0 Å². The molecule has 0 bridgehead atoms. The third-order valence-corrected chi connectivity index (χ3v) is 8.95. The lowest BCUT2D eigenvalue weighted by atomic mass is 9.53. The van der Waals surface area contributed by atoms with Gasteiger partial charge in [0.15, 0.2) is 12.4 Å². The number of carbonyl (C=O) groups is 1. The zero-order chi connectivity index (χ0) is 26.8. The largest absolute Gasteiger partial charge is 0.451 e. The molecule has 37 heavy (non-hydrogen) atoms. The van der Waals surface area contributed by atoms with Gasteiger partial charge in [0.1, 0.15) is 18.3 Å². The maximum Gasteiger partial charge on any atom is 0.331 e. The van der Waals surface area contributed by atoms with Crippen LogP contribution < -0.4 is 0 Å². The van der Waals surface area contributed by atoms with Crippen molar-refractivity contribution in [3.05, 3.63) is 54.1 Å². The van der Waals surface area contributed by atoms with Gasteiger partial charge in [-0.2, -0.15) is 0 Å². The van der Waals surface area contributed by atoms with Crippen molar-refractivity contribution in [2.75, 3.05) is 6.61 Å². The first-order valence-electron chi connectivity index (χ1n) is 13.5. The number of carbonyl (C=O) groups excluding carboxylic acids is 1. The van der Waals surface area contributed by atoms with Crippen molar-refractivity contribution in [2.45, 2.75) is 95.6 Å². The Balaban J connectivity index is 1.56. The van der Waals surface area contributed by atoms with Gasteiger partial charge in [-0.3, -0.25) is 0 Å². The van der Waals surface area contributed by atoms with E-state index >= 15 is 0 Å². The van der Waals surface area contributed by atoms with Gasteiger partial charge in [0.05, 0.1) is 12.2 Å². The minimum atomic E-state index is -1.47. The molecule has 1 heterocycles. The molecular formula is C30H42O7. The van der Waals surface area contributed by atoms with Gasteiger partial charge < -0.3 is 29.5 Å². The molecule has 1 saturated heterocycles. The molecule has 7 nitrogen and oxygen atoms in total. The SMILES string of the molecule is C=C(C)C1CCC2(C)CCCC(C)(OC3OC(CO)C(O)C(O)C3OC(=O)C=Cc3ccccc3)C2C1. The van der Waals surface area contributed by atoms with E-state index < -0.39 is 48.9 Å². The van der Waals surface area contributed by atoms with E-state index in [1.54, 1.807) is 6.08 Å². The molecule has 0 aromatic heterocycles. The Hall–Kier alpha value is -2.03. The van der Waals surface area contributed by atoms with Crippen LogP contribution in [0.1, 0.15) is 64.9 Å². The molecule has 1 aromatic carbocycles. The van der Waals surface area contributed by atoms with Crippen LogP contribution in [0.25, 0.3) is 6.08 Å². The van der Waals surface area contributed by atoms with Gasteiger partial charge in [-0.15, -0.1) is 0 Å². The average Bonchev–Trinajstić information content (AvgIpc) is 2.87. The average molecular weight is 515 g/mol. The fourth-order valence-corrected chi connectivity index (χ4v) is 6.70. The molecule has 9 atom stereocenters. The topological polar surface area (TPSA) is 105 Å². The van der Waals surface area contributed by atoms with Crippen LogP contribution in [0.3, 0.4) is 0 Å². The Morgan fingerprint density at radius 2 is 1.89 bits per heavy atom. The summed E-state index contributed by atoms with van der Waals surface area (Å²) in [7, 11) is 0. The highest BCUT2D eigenvalue weighted by atomic mass is 16.7. The molecule has 4 rings (SSSR count). The molecule has 2 aliphatic carbocycles. The summed E-state index contributed by atoms with van der Waals surface area (Å²) in [6.07, 6.45) is 2.62. The van der Waals surface area contributed by atoms with Crippen molar-refractivity contribution in [1.29, 1.82) is 0 Å². The van der Waals surface area contributed by atoms with Gasteiger partial charge in [0.25, 0.3) is 0 Å². The summed E-state index contributed by atoms with van der Waals surface area (Å²) >= 11 is 0. The maximum atomic E-state index is 12.7. The van der Waals surface area contributed by atoms with Crippen molar-refractivity contribution in [3.63, 3.8) is 0 Å². The van der Waals surface area contributed by atoms with Gasteiger partial charge in [0.2, 0.25) is 0 Å². The van der Waals surface area contributed by atoms with Crippen molar-refractivity contribution in [1.82, 2.24) is 0 Å². The molecule has 2 saturated carbocycles. The lowest BCUT2D eigenvalue weighted by Gasteiger charge is -2.57. The van der Waals surface area contributed by atoms with Crippen molar-refractivity contribution >= 4 is 12.0 Å². The van der Waals surface area contributed by atoms with Crippen LogP contribution in [0, 0.1) is 17.3 Å². The summed E-state index contributed by atoms with van der Waals surface area (Å²) in [4.78, 5) is 12.7. The molecule has 9 unspecified atom stereocenters. The number of hydrogen-bond donors (Lipinski definition) is 3. The second-order valence-electron chi connectivity index (χ2n) is 11.7. The van der Waals surface area contributed by atoms with E-state index in [9.17, 15) is 20.1 Å². The van der Waals surface area contributed by atoms with E-state index in [0.29, 0.717) is 5.92 Å². The molecule has 1 aromatic rings. The lowest BCUT2D eigenvalue weighted by molar-refractivity contribution is -0.341. The Morgan fingerprint density at radius 3 is 2.57 bits per heavy atom. The van der Waals surface area contributed by atoms with Crippen molar-refractivity contribution < 1.29 is 34.3 Å². The second-order valence-corrected chi connectivity index (χ2v) is 11.7. The molecule has 0 spiro atoms. The maximum absolute atomic E-state index is 12.7. The smallest absolute Gasteiger partial charge is 0.331 e. The summed E-state index contributed by atoms with van der Waals surface area (Å²) < 4.78 is 18.2. The van der Waals surface area contributed by atoms with E-state index in [4.69, 9.17) is 14.2 Å². The van der Waals surface area contributed by atoms with Crippen LogP contribution in [-0.4, -0.2) is 64.2 Å². The molecular weight excluding hydrogens is 472 g/mol. The molecule has 0 amide bonds. The third kappa shape index (κ3) is 6.02. The number of hydrogen-bond acceptors (Lipinski definition) is 7. The zero-order valence-electron chi connectivity index (χ0n) is 22.2. The Kier molecular flexibility index (Phi) is 8.61. The summed E-state index contributed by atoms with van der Waals surface area (Å²) in [6.45, 7) is 10.2. The van der Waals surface area contributed by atoms with Gasteiger partial charge in [0, 0.05) is 6.08 Å². The number of allylic oxidation sites excluding steroid dienone is 1. The van der Waals surface area contributed by atoms with E-state index in [2.05, 4.69) is 27.4 Å². The minimum Gasteiger partial charge on any atom is -0.451 e. The number of aliphatic hydroxyl groups excluding tert-OH is 3. The summed E-state index contributed by atoms with van der Waals surface area (Å²) in [5.74, 6) is -0.0437. The molecule has 3 aliphatic rings. The number of benzene rings is 1. The molecule has 7 heteroatoms. The zero-order valence-corrected chi connectivity index (χ0v) is 22.2. The summed E-state index contributed by atoms with van der Waals surface area (Å²) in [5.41, 5.74) is 1.51. The summed E-state index contributed by atoms with van der Waals surface area (Å²) in [5, 5.41) is 31.2.